The number of nitrogens with zero attached hydrogens (tertiary/aromatic N) is 3. The Morgan fingerprint density at radius 3 is 2.55 bits per heavy atom. The first-order valence-corrected chi connectivity index (χ1v) is 12.1. The van der Waals surface area contributed by atoms with Gasteiger partial charge in [-0.2, -0.15) is 4.98 Å². The molecular formula is C19H25ClN6O4S. The van der Waals surface area contributed by atoms with Gasteiger partial charge in [0.1, 0.15) is 5.69 Å². The van der Waals surface area contributed by atoms with E-state index in [-0.39, 0.29) is 46.5 Å². The second-order valence-electron chi connectivity index (χ2n) is 7.85. The predicted octanol–water partition coefficient (Wildman–Crippen LogP) is 2.70. The molecule has 1 saturated carbocycles. The van der Waals surface area contributed by atoms with E-state index in [4.69, 9.17) is 23.1 Å². The van der Waals surface area contributed by atoms with E-state index in [1.54, 1.807) is 0 Å². The minimum absolute atomic E-state index is 0.0535. The smallest absolute Gasteiger partial charge is 0.332 e. The Morgan fingerprint density at radius 2 is 1.94 bits per heavy atom. The average Bonchev–Trinajstić information content (AvgIpc) is 2.66. The Labute approximate surface area is 185 Å². The van der Waals surface area contributed by atoms with Crippen molar-refractivity contribution in [1.29, 1.82) is 0 Å². The third-order valence-electron chi connectivity index (χ3n) is 5.40. The molecule has 0 aliphatic heterocycles. The lowest BCUT2D eigenvalue weighted by molar-refractivity contribution is -0.385. The fourth-order valence-electron chi connectivity index (χ4n) is 3.83. The topological polar surface area (TPSA) is 167 Å². The molecule has 2 aromatic rings. The van der Waals surface area contributed by atoms with Gasteiger partial charge in [0.2, 0.25) is 11.8 Å². The van der Waals surface area contributed by atoms with Gasteiger partial charge in [0, 0.05) is 23.9 Å². The summed E-state index contributed by atoms with van der Waals surface area (Å²) >= 11 is 6.02. The zero-order valence-electron chi connectivity index (χ0n) is 17.0. The van der Waals surface area contributed by atoms with Crippen LogP contribution in [0.2, 0.25) is 5.02 Å². The lowest BCUT2D eigenvalue weighted by Crippen LogP contribution is -2.27. The molecule has 1 heterocycles. The van der Waals surface area contributed by atoms with Crippen LogP contribution < -0.4 is 16.8 Å². The Morgan fingerprint density at radius 1 is 1.26 bits per heavy atom. The number of aromatic nitrogens is 2. The number of hydrogen-bond acceptors (Lipinski definition) is 9. The minimum Gasteiger partial charge on any atom is -0.378 e. The maximum atomic E-state index is 12.0. The van der Waals surface area contributed by atoms with Crippen LogP contribution in [0.5, 0.6) is 0 Å². The van der Waals surface area contributed by atoms with Crippen LogP contribution in [0.1, 0.15) is 36.9 Å². The number of nitrogens with one attached hydrogen (secondary N) is 1. The molecular weight excluding hydrogens is 444 g/mol. The Hall–Kier alpha value is -2.50. The summed E-state index contributed by atoms with van der Waals surface area (Å²) in [5.41, 5.74) is 12.2. The second kappa shape index (κ2) is 9.33. The monoisotopic (exact) mass is 468 g/mol. The normalized spacial score (nSPS) is 19.2. The van der Waals surface area contributed by atoms with Crippen molar-refractivity contribution in [1.82, 2.24) is 9.97 Å². The van der Waals surface area contributed by atoms with Gasteiger partial charge in [0.05, 0.1) is 9.82 Å². The number of hydrogen-bond donors (Lipinski definition) is 3. The highest BCUT2D eigenvalue weighted by Crippen LogP contribution is 2.32. The van der Waals surface area contributed by atoms with Gasteiger partial charge in [-0.05, 0) is 61.8 Å². The molecule has 0 saturated heterocycles. The van der Waals surface area contributed by atoms with Gasteiger partial charge in [-0.1, -0.05) is 11.6 Å². The predicted molar refractivity (Wildman–Crippen MR) is 119 cm³/mol. The molecule has 0 spiro atoms. The number of nitrogen functional groups attached to an aromatic ring is 1. The lowest BCUT2D eigenvalue weighted by Gasteiger charge is -2.25. The van der Waals surface area contributed by atoms with Gasteiger partial charge in [0.15, 0.2) is 9.84 Å². The maximum Gasteiger partial charge on any atom is 0.332 e. The van der Waals surface area contributed by atoms with E-state index in [2.05, 4.69) is 15.3 Å². The van der Waals surface area contributed by atoms with E-state index in [9.17, 15) is 18.5 Å². The van der Waals surface area contributed by atoms with Gasteiger partial charge in [-0.3, -0.25) is 10.1 Å². The first kappa shape index (κ1) is 23.2. The molecule has 1 aromatic heterocycles. The lowest BCUT2D eigenvalue weighted by atomic mass is 9.83. The van der Waals surface area contributed by atoms with Gasteiger partial charge in [-0.25, -0.2) is 13.4 Å². The van der Waals surface area contributed by atoms with Crippen LogP contribution >= 0.6 is 11.6 Å². The fourth-order valence-corrected chi connectivity index (χ4v) is 4.95. The molecule has 31 heavy (non-hydrogen) atoms. The summed E-state index contributed by atoms with van der Waals surface area (Å²) in [7, 11) is -3.48. The van der Waals surface area contributed by atoms with Gasteiger partial charge in [0.25, 0.3) is 0 Å². The number of halogens is 1. The summed E-state index contributed by atoms with van der Waals surface area (Å²) in [4.78, 5) is 19.4. The van der Waals surface area contributed by atoms with E-state index in [1.165, 1.54) is 18.2 Å². The quantitative estimate of drug-likeness (QED) is 0.408. The minimum atomic E-state index is -3.48. The molecule has 1 fully saturated rings. The third kappa shape index (κ3) is 5.81. The molecule has 0 unspecified atom stereocenters. The number of sulfone groups is 1. The van der Waals surface area contributed by atoms with Crippen molar-refractivity contribution in [2.75, 3.05) is 17.3 Å². The van der Waals surface area contributed by atoms with Crippen molar-refractivity contribution in [2.45, 2.75) is 49.6 Å². The molecule has 0 bridgehead atoms. The summed E-state index contributed by atoms with van der Waals surface area (Å²) in [6.45, 7) is 0.0535. The summed E-state index contributed by atoms with van der Waals surface area (Å²) in [6.07, 6.45) is 4.97. The highest BCUT2D eigenvalue weighted by Gasteiger charge is 2.27. The molecule has 3 rings (SSSR count). The summed E-state index contributed by atoms with van der Waals surface area (Å²) < 4.78 is 24.1. The van der Waals surface area contributed by atoms with Crippen LogP contribution in [0.15, 0.2) is 23.1 Å². The zero-order chi connectivity index (χ0) is 22.8. The molecule has 10 nitrogen and oxygen atoms in total. The van der Waals surface area contributed by atoms with E-state index in [0.29, 0.717) is 17.0 Å². The van der Waals surface area contributed by atoms with Gasteiger partial charge < -0.3 is 16.8 Å². The number of anilines is 2. The van der Waals surface area contributed by atoms with Gasteiger partial charge >= 0.3 is 5.69 Å². The standard InChI is InChI=1S/C19H25ClN6O4S/c1-31(29,30)16-7-4-13(20)9-12(16)10-23-19-24-15(17(26(27)28)18(22)25-19)8-11-2-5-14(21)6-3-11/h4,7,9,11,14H,2-3,5-6,8,10,21H2,1H3,(H3,22,23,24,25)/t11-,14-. The van der Waals surface area contributed by atoms with Crippen molar-refractivity contribution in [3.8, 4) is 0 Å². The molecule has 1 aliphatic rings. The van der Waals surface area contributed by atoms with Crippen LogP contribution in [0.4, 0.5) is 17.5 Å². The van der Waals surface area contributed by atoms with Crippen LogP contribution in [-0.2, 0) is 22.8 Å². The molecule has 0 amide bonds. The Kier molecular flexibility index (Phi) is 6.97. The van der Waals surface area contributed by atoms with E-state index in [1.807, 2.05) is 0 Å². The largest absolute Gasteiger partial charge is 0.378 e. The maximum absolute atomic E-state index is 12.0. The first-order chi connectivity index (χ1) is 14.5. The molecule has 1 aromatic carbocycles. The molecule has 0 atom stereocenters. The van der Waals surface area contributed by atoms with Crippen LogP contribution in [0.25, 0.3) is 0 Å². The van der Waals surface area contributed by atoms with Crippen molar-refractivity contribution in [3.63, 3.8) is 0 Å². The van der Waals surface area contributed by atoms with Crippen LogP contribution in [0.3, 0.4) is 0 Å². The van der Waals surface area contributed by atoms with Crippen molar-refractivity contribution >= 4 is 38.9 Å². The summed E-state index contributed by atoms with van der Waals surface area (Å²) in [5, 5.41) is 14.8. The van der Waals surface area contributed by atoms with E-state index >= 15 is 0 Å². The highest BCUT2D eigenvalue weighted by molar-refractivity contribution is 7.90. The van der Waals surface area contributed by atoms with Crippen molar-refractivity contribution < 1.29 is 13.3 Å². The second-order valence-corrected chi connectivity index (χ2v) is 10.3. The Bertz CT molecular complexity index is 1090. The zero-order valence-corrected chi connectivity index (χ0v) is 18.6. The number of nitro groups is 1. The number of benzene rings is 1. The third-order valence-corrected chi connectivity index (χ3v) is 6.83. The molecule has 12 heteroatoms. The van der Waals surface area contributed by atoms with E-state index in [0.717, 1.165) is 31.9 Å². The van der Waals surface area contributed by atoms with E-state index < -0.39 is 14.8 Å². The highest BCUT2D eigenvalue weighted by atomic mass is 35.5. The summed E-state index contributed by atoms with van der Waals surface area (Å²) in [5.74, 6) is 0.0786. The molecule has 0 radical (unpaired) electrons. The average molecular weight is 469 g/mol. The number of nitrogens with two attached hydrogens (primary N) is 2. The van der Waals surface area contributed by atoms with Gasteiger partial charge in [-0.15, -0.1) is 0 Å². The van der Waals surface area contributed by atoms with Crippen molar-refractivity contribution in [3.05, 3.63) is 44.6 Å². The SMILES string of the molecule is CS(=O)(=O)c1ccc(Cl)cc1CNc1nc(N)c([N+](=O)[O-])c(C[C@H]2CC[C@H](N)CC2)n1. The fraction of sp³-hybridized carbons (Fsp3) is 0.474. The van der Waals surface area contributed by atoms with Crippen LogP contribution in [0, 0.1) is 16.0 Å². The number of rotatable bonds is 7. The first-order valence-electron chi connectivity index (χ1n) is 9.83. The summed E-state index contributed by atoms with van der Waals surface area (Å²) in [6, 6.07) is 4.63. The molecule has 5 N–H and O–H groups in total. The van der Waals surface area contributed by atoms with Crippen molar-refractivity contribution in [2.24, 2.45) is 11.7 Å². The van der Waals surface area contributed by atoms with Crippen LogP contribution in [-0.4, -0.2) is 35.6 Å². The molecule has 1 aliphatic carbocycles. The Balaban J connectivity index is 1.87. The molecule has 168 valence electrons.